The Kier molecular flexibility index (Phi) is 14.3. The second-order valence-electron chi connectivity index (χ2n) is 8.59. The molecule has 0 heterocycles. The van der Waals surface area contributed by atoms with Gasteiger partial charge in [0.2, 0.25) is 0 Å². The predicted molar refractivity (Wildman–Crippen MR) is 145 cm³/mol. The maximum atomic E-state index is 12.3. The maximum Gasteiger partial charge on any atom is 0.306 e. The van der Waals surface area contributed by atoms with Crippen molar-refractivity contribution in [3.63, 3.8) is 0 Å². The van der Waals surface area contributed by atoms with E-state index in [2.05, 4.69) is 24.5 Å². The van der Waals surface area contributed by atoms with Crippen LogP contribution in [0.5, 0.6) is 0 Å². The van der Waals surface area contributed by atoms with Crippen molar-refractivity contribution in [2.75, 3.05) is 6.61 Å². The molecule has 0 radical (unpaired) electrons. The molecule has 3 heteroatoms. The molecule has 0 aliphatic rings. The maximum absolute atomic E-state index is 12.3. The van der Waals surface area contributed by atoms with Crippen molar-refractivity contribution >= 4 is 11.8 Å². The lowest BCUT2D eigenvalue weighted by Crippen LogP contribution is -2.13. The molecule has 0 aliphatic heterocycles. The van der Waals surface area contributed by atoms with Crippen LogP contribution in [0.25, 0.3) is 11.1 Å². The average Bonchev–Trinajstić information content (AvgIpc) is 2.90. The molecular weight excluding hydrogens is 432 g/mol. The van der Waals surface area contributed by atoms with Gasteiger partial charge >= 0.3 is 5.97 Å². The third-order valence-corrected chi connectivity index (χ3v) is 5.69. The van der Waals surface area contributed by atoms with E-state index >= 15 is 0 Å². The van der Waals surface area contributed by atoms with Gasteiger partial charge in [-0.25, -0.2) is 0 Å². The van der Waals surface area contributed by atoms with Crippen LogP contribution in [-0.2, 0) is 9.53 Å². The van der Waals surface area contributed by atoms with Crippen LogP contribution in [0.1, 0.15) is 81.0 Å². The van der Waals surface area contributed by atoms with Crippen LogP contribution >= 0.6 is 0 Å². The molecule has 0 saturated carbocycles. The highest BCUT2D eigenvalue weighted by Crippen LogP contribution is 2.19. The highest BCUT2D eigenvalue weighted by atomic mass is 16.5. The summed E-state index contributed by atoms with van der Waals surface area (Å²) < 4.78 is 5.17. The average molecular weight is 471 g/mol. The van der Waals surface area contributed by atoms with Gasteiger partial charge in [-0.2, -0.15) is 0 Å². The second kappa shape index (κ2) is 18.0. The van der Waals surface area contributed by atoms with Gasteiger partial charge in [0.15, 0.2) is 12.4 Å². The van der Waals surface area contributed by atoms with Gasteiger partial charge < -0.3 is 4.74 Å². The molecule has 3 nitrogen and oxygen atoms in total. The molecule has 2 aromatic rings. The molecule has 0 saturated heterocycles. The van der Waals surface area contributed by atoms with Gasteiger partial charge in [0.25, 0.3) is 0 Å². The zero-order valence-electron chi connectivity index (χ0n) is 20.8. The van der Waals surface area contributed by atoms with Crippen LogP contribution in [0, 0.1) is 11.8 Å². The minimum Gasteiger partial charge on any atom is -0.457 e. The van der Waals surface area contributed by atoms with Crippen LogP contribution in [0.3, 0.4) is 0 Å². The fraction of sp³-hybridized carbons (Fsp3) is 0.375. The molecule has 2 rings (SSSR count). The SMILES string of the molecule is C=CCCCCC=CC#CCCCCCCCC(=O)OCC(=O)c1ccc(-c2ccccc2)cc1. The lowest BCUT2D eigenvalue weighted by molar-refractivity contribution is -0.142. The van der Waals surface area contributed by atoms with E-state index in [-0.39, 0.29) is 18.4 Å². The highest BCUT2D eigenvalue weighted by molar-refractivity contribution is 5.98. The topological polar surface area (TPSA) is 43.4 Å². The quantitative estimate of drug-likeness (QED) is 0.0818. The number of allylic oxidation sites excluding steroid dienone is 3. The third kappa shape index (κ3) is 12.6. The van der Waals surface area contributed by atoms with E-state index in [4.69, 9.17) is 4.74 Å². The van der Waals surface area contributed by atoms with E-state index in [0.29, 0.717) is 12.0 Å². The summed E-state index contributed by atoms with van der Waals surface area (Å²) in [7, 11) is 0. The van der Waals surface area contributed by atoms with E-state index in [1.165, 1.54) is 12.8 Å². The second-order valence-corrected chi connectivity index (χ2v) is 8.59. The number of hydrogen-bond acceptors (Lipinski definition) is 3. The minimum absolute atomic E-state index is 0.179. The zero-order valence-corrected chi connectivity index (χ0v) is 20.8. The van der Waals surface area contributed by atoms with Gasteiger partial charge in [-0.05, 0) is 55.7 Å². The summed E-state index contributed by atoms with van der Waals surface area (Å²) in [6.45, 7) is 3.52. The fourth-order valence-electron chi connectivity index (χ4n) is 3.62. The molecular formula is C32H38O3. The van der Waals surface area contributed by atoms with Crippen LogP contribution in [0.2, 0.25) is 0 Å². The van der Waals surface area contributed by atoms with Crippen LogP contribution in [0.4, 0.5) is 0 Å². The van der Waals surface area contributed by atoms with Gasteiger partial charge in [0, 0.05) is 18.4 Å². The summed E-state index contributed by atoms with van der Waals surface area (Å²) in [6.07, 6.45) is 17.0. The Balaban J connectivity index is 1.49. The van der Waals surface area contributed by atoms with Gasteiger partial charge in [0.05, 0.1) is 0 Å². The Morgan fingerprint density at radius 3 is 2.26 bits per heavy atom. The number of esters is 1. The number of Topliss-reactive ketones (excluding diaryl/α,β-unsaturated/α-hetero) is 1. The van der Waals surface area contributed by atoms with Crippen molar-refractivity contribution < 1.29 is 14.3 Å². The molecule has 0 N–H and O–H groups in total. The number of unbranched alkanes of at least 4 members (excludes halogenated alkanes) is 8. The minimum atomic E-state index is -0.304. The summed E-state index contributed by atoms with van der Waals surface area (Å²) in [5.74, 6) is 5.81. The number of benzene rings is 2. The van der Waals surface area contributed by atoms with E-state index < -0.39 is 0 Å². The zero-order chi connectivity index (χ0) is 25.0. The van der Waals surface area contributed by atoms with Crippen LogP contribution in [-0.4, -0.2) is 18.4 Å². The monoisotopic (exact) mass is 470 g/mol. The summed E-state index contributed by atoms with van der Waals surface area (Å²) in [6, 6.07) is 17.4. The number of ketones is 1. The van der Waals surface area contributed by atoms with Crippen molar-refractivity contribution in [1.29, 1.82) is 0 Å². The number of rotatable bonds is 16. The largest absolute Gasteiger partial charge is 0.457 e. The predicted octanol–water partition coefficient (Wildman–Crippen LogP) is 8.12. The molecule has 0 unspecified atom stereocenters. The van der Waals surface area contributed by atoms with Crippen LogP contribution in [0.15, 0.2) is 79.4 Å². The number of carbonyl (C=O) groups excluding carboxylic acids is 2. The first kappa shape index (κ1) is 27.9. The van der Waals surface area contributed by atoms with E-state index in [1.807, 2.05) is 54.6 Å². The smallest absolute Gasteiger partial charge is 0.306 e. The molecule has 0 atom stereocenters. The van der Waals surface area contributed by atoms with E-state index in [0.717, 1.165) is 62.5 Å². The molecule has 0 spiro atoms. The summed E-state index contributed by atoms with van der Waals surface area (Å²) in [5.41, 5.74) is 2.71. The Hall–Kier alpha value is -3.38. The Bertz CT molecular complexity index is 975. The van der Waals surface area contributed by atoms with Gasteiger partial charge in [0.1, 0.15) is 0 Å². The standard InChI is InChI=1S/C32H38O3/c1-2-3-4-5-6-7-8-9-10-11-12-13-14-15-19-22-32(34)35-27-31(33)30-25-23-29(24-26-30)28-20-17-16-18-21-28/h2,7-8,16-18,20-21,23-26H,1,3-6,11-15,19,22,27H2. The molecule has 0 amide bonds. The summed E-state index contributed by atoms with van der Waals surface area (Å²) >= 11 is 0. The Labute approximate surface area is 211 Å². The van der Waals surface area contributed by atoms with Crippen molar-refractivity contribution in [3.8, 4) is 23.0 Å². The van der Waals surface area contributed by atoms with E-state index in [1.54, 1.807) is 12.1 Å². The van der Waals surface area contributed by atoms with Crippen molar-refractivity contribution in [2.45, 2.75) is 70.6 Å². The Morgan fingerprint density at radius 2 is 1.49 bits per heavy atom. The van der Waals surface area contributed by atoms with Crippen LogP contribution < -0.4 is 0 Å². The summed E-state index contributed by atoms with van der Waals surface area (Å²) in [4.78, 5) is 24.3. The van der Waals surface area contributed by atoms with Gasteiger partial charge in [-0.15, -0.1) is 6.58 Å². The molecule has 2 aromatic carbocycles. The lowest BCUT2D eigenvalue weighted by atomic mass is 10.0. The molecule has 0 aliphatic carbocycles. The summed E-state index contributed by atoms with van der Waals surface area (Å²) in [5, 5.41) is 0. The fourth-order valence-corrected chi connectivity index (χ4v) is 3.62. The van der Waals surface area contributed by atoms with E-state index in [9.17, 15) is 9.59 Å². The van der Waals surface area contributed by atoms with Crippen molar-refractivity contribution in [2.24, 2.45) is 0 Å². The van der Waals surface area contributed by atoms with Gasteiger partial charge in [-0.1, -0.05) is 97.9 Å². The Morgan fingerprint density at radius 1 is 0.800 bits per heavy atom. The number of carbonyl (C=O) groups is 2. The van der Waals surface area contributed by atoms with Crippen molar-refractivity contribution in [1.82, 2.24) is 0 Å². The first-order chi connectivity index (χ1) is 17.2. The first-order valence-electron chi connectivity index (χ1n) is 12.8. The normalized spacial score (nSPS) is 10.5. The molecule has 0 fully saturated rings. The van der Waals surface area contributed by atoms with Gasteiger partial charge in [-0.3, -0.25) is 9.59 Å². The molecule has 0 bridgehead atoms. The molecule has 0 aromatic heterocycles. The highest BCUT2D eigenvalue weighted by Gasteiger charge is 2.10. The van der Waals surface area contributed by atoms with Crippen molar-refractivity contribution in [3.05, 3.63) is 85.0 Å². The number of hydrogen-bond donors (Lipinski definition) is 0. The lowest BCUT2D eigenvalue weighted by Gasteiger charge is -2.06. The molecule has 184 valence electrons. The third-order valence-electron chi connectivity index (χ3n) is 5.69. The first-order valence-corrected chi connectivity index (χ1v) is 12.8. The number of ether oxygens (including phenoxy) is 1. The molecule has 35 heavy (non-hydrogen) atoms.